The average molecular weight is 338 g/mol. The molecule has 0 aromatic rings. The number of ether oxygens (including phenoxy) is 1. The molecule has 0 aliphatic carbocycles. The van der Waals surface area contributed by atoms with Crippen LogP contribution < -0.4 is 0 Å². The average Bonchev–Trinajstić information content (AvgIpc) is 2.38. The van der Waals surface area contributed by atoms with Crippen LogP contribution in [0.4, 0.5) is 22.0 Å². The van der Waals surface area contributed by atoms with E-state index in [-0.39, 0.29) is 13.2 Å². The van der Waals surface area contributed by atoms with Crippen molar-refractivity contribution >= 4 is 14.8 Å². The van der Waals surface area contributed by atoms with Crippen LogP contribution in [0.1, 0.15) is 13.8 Å². The molecular weight excluding hydrogens is 323 g/mol. The SMILES string of the molecule is CCO[Si](COC)(OCC)OC(=O)C(F)(F)C(F)=C(F)F. The Balaban J connectivity index is 5.33. The van der Waals surface area contributed by atoms with Gasteiger partial charge in [0.15, 0.2) is 0 Å². The molecule has 11 heteroatoms. The quantitative estimate of drug-likeness (QED) is 0.477. The standard InChI is InChI=1S/C10H15F5O5Si/c1-4-18-21(6-17-3,19-5-2)20-9(16)10(14,15)7(11)8(12)13/h4-6H2,1-3H3. The van der Waals surface area contributed by atoms with Gasteiger partial charge in [-0.2, -0.15) is 22.0 Å². The first kappa shape index (κ1) is 20.0. The van der Waals surface area contributed by atoms with E-state index in [4.69, 9.17) is 8.85 Å². The maximum absolute atomic E-state index is 13.2. The van der Waals surface area contributed by atoms with Gasteiger partial charge >= 0.3 is 26.8 Å². The maximum Gasteiger partial charge on any atom is 0.595 e. The smallest absolute Gasteiger partial charge is 0.467 e. The maximum atomic E-state index is 13.2. The second-order valence-electron chi connectivity index (χ2n) is 3.52. The summed E-state index contributed by atoms with van der Waals surface area (Å²) in [6.07, 6.45) is -3.80. The summed E-state index contributed by atoms with van der Waals surface area (Å²) in [5.41, 5.74) is 0. The van der Waals surface area contributed by atoms with E-state index in [9.17, 15) is 26.7 Å². The van der Waals surface area contributed by atoms with Crippen molar-refractivity contribution in [2.24, 2.45) is 0 Å². The van der Waals surface area contributed by atoms with Crippen molar-refractivity contribution < 1.29 is 44.8 Å². The van der Waals surface area contributed by atoms with Crippen LogP contribution in [0.2, 0.25) is 0 Å². The van der Waals surface area contributed by atoms with Gasteiger partial charge < -0.3 is 18.0 Å². The van der Waals surface area contributed by atoms with Gasteiger partial charge in [-0.25, -0.2) is 4.79 Å². The molecule has 0 aromatic heterocycles. The first-order chi connectivity index (χ1) is 9.66. The monoisotopic (exact) mass is 338 g/mol. The minimum absolute atomic E-state index is 0.0791. The van der Waals surface area contributed by atoms with Crippen LogP contribution in [0, 0.1) is 0 Å². The highest BCUT2D eigenvalue weighted by Crippen LogP contribution is 2.31. The van der Waals surface area contributed by atoms with E-state index in [1.165, 1.54) is 13.8 Å². The zero-order valence-electron chi connectivity index (χ0n) is 11.6. The Morgan fingerprint density at radius 1 is 1.10 bits per heavy atom. The molecule has 0 saturated heterocycles. The van der Waals surface area contributed by atoms with Crippen molar-refractivity contribution in [3.05, 3.63) is 11.9 Å². The fourth-order valence-corrected chi connectivity index (χ4v) is 3.31. The Kier molecular flexibility index (Phi) is 7.99. The number of alkyl halides is 2. The Morgan fingerprint density at radius 3 is 1.90 bits per heavy atom. The summed E-state index contributed by atoms with van der Waals surface area (Å²) < 4.78 is 81.9. The van der Waals surface area contributed by atoms with E-state index in [0.717, 1.165) is 7.11 Å². The largest absolute Gasteiger partial charge is 0.595 e. The van der Waals surface area contributed by atoms with Gasteiger partial charge in [0.2, 0.25) is 5.83 Å². The minimum Gasteiger partial charge on any atom is -0.467 e. The fraction of sp³-hybridized carbons (Fsp3) is 0.700. The summed E-state index contributed by atoms with van der Waals surface area (Å²) in [4.78, 5) is 11.3. The van der Waals surface area contributed by atoms with Gasteiger partial charge in [-0.05, 0) is 13.8 Å². The van der Waals surface area contributed by atoms with Crippen LogP contribution in [-0.2, 0) is 22.8 Å². The van der Waals surface area contributed by atoms with Gasteiger partial charge in [0.25, 0.3) is 0 Å². The number of methoxy groups -OCH3 is 1. The van der Waals surface area contributed by atoms with Crippen LogP contribution in [-0.4, -0.2) is 47.2 Å². The van der Waals surface area contributed by atoms with E-state index in [1.807, 2.05) is 0 Å². The molecule has 5 nitrogen and oxygen atoms in total. The van der Waals surface area contributed by atoms with Crippen LogP contribution >= 0.6 is 0 Å². The summed E-state index contributed by atoms with van der Waals surface area (Å²) in [7, 11) is -2.87. The van der Waals surface area contributed by atoms with E-state index in [1.54, 1.807) is 0 Å². The number of halogens is 5. The van der Waals surface area contributed by atoms with Crippen molar-refractivity contribution in [2.75, 3.05) is 26.6 Å². The predicted molar refractivity (Wildman–Crippen MR) is 62.3 cm³/mol. The molecular formula is C10H15F5O5Si. The molecule has 0 amide bonds. The summed E-state index contributed by atoms with van der Waals surface area (Å²) in [5, 5.41) is 0. The second kappa shape index (κ2) is 8.41. The number of carbonyl (C=O) groups is 1. The third kappa shape index (κ3) is 5.34. The lowest BCUT2D eigenvalue weighted by atomic mass is 10.3. The summed E-state index contributed by atoms with van der Waals surface area (Å²) >= 11 is 0. The molecule has 0 atom stereocenters. The molecule has 0 aliphatic rings. The molecule has 0 unspecified atom stereocenters. The topological polar surface area (TPSA) is 54.0 Å². The van der Waals surface area contributed by atoms with Crippen LogP contribution in [0.25, 0.3) is 0 Å². The summed E-state index contributed by atoms with van der Waals surface area (Å²) in [6.45, 7) is 2.77. The van der Waals surface area contributed by atoms with Gasteiger partial charge in [-0.1, -0.05) is 0 Å². The van der Waals surface area contributed by atoms with Gasteiger partial charge in [0.1, 0.15) is 6.23 Å². The van der Waals surface area contributed by atoms with Crippen LogP contribution in [0.3, 0.4) is 0 Å². The molecule has 21 heavy (non-hydrogen) atoms. The van der Waals surface area contributed by atoms with E-state index >= 15 is 0 Å². The molecule has 0 aromatic carbocycles. The fourth-order valence-electron chi connectivity index (χ4n) is 1.24. The third-order valence-electron chi connectivity index (χ3n) is 2.00. The Morgan fingerprint density at radius 2 is 1.57 bits per heavy atom. The lowest BCUT2D eigenvalue weighted by Gasteiger charge is -2.28. The van der Waals surface area contributed by atoms with E-state index in [2.05, 4.69) is 9.16 Å². The van der Waals surface area contributed by atoms with Crippen LogP contribution in [0.5, 0.6) is 0 Å². The zero-order chi connectivity index (χ0) is 16.7. The van der Waals surface area contributed by atoms with Gasteiger partial charge in [0, 0.05) is 20.3 Å². The highest BCUT2D eigenvalue weighted by molar-refractivity contribution is 6.62. The first-order valence-corrected chi connectivity index (χ1v) is 7.69. The molecule has 0 fully saturated rings. The van der Waals surface area contributed by atoms with E-state index in [0.29, 0.717) is 0 Å². The molecule has 0 rings (SSSR count). The van der Waals surface area contributed by atoms with Gasteiger partial charge in [-0.3, -0.25) is 0 Å². The molecule has 0 spiro atoms. The summed E-state index contributed by atoms with van der Waals surface area (Å²) in [6, 6.07) is 0. The Labute approximate surface area is 119 Å². The molecule has 0 saturated carbocycles. The minimum atomic E-state index is -5.14. The zero-order valence-corrected chi connectivity index (χ0v) is 12.6. The second-order valence-corrected chi connectivity index (χ2v) is 5.96. The Hall–Kier alpha value is -1.04. The lowest BCUT2D eigenvalue weighted by Crippen LogP contribution is -2.54. The number of hydrogen-bond acceptors (Lipinski definition) is 5. The van der Waals surface area contributed by atoms with Crippen molar-refractivity contribution in [1.82, 2.24) is 0 Å². The lowest BCUT2D eigenvalue weighted by molar-refractivity contribution is -0.165. The van der Waals surface area contributed by atoms with Gasteiger partial charge in [-0.15, -0.1) is 0 Å². The molecule has 0 N–H and O–H groups in total. The molecule has 0 bridgehead atoms. The predicted octanol–water partition coefficient (Wildman–Crippen LogP) is 2.44. The van der Waals surface area contributed by atoms with Crippen molar-refractivity contribution in [3.8, 4) is 0 Å². The van der Waals surface area contributed by atoms with Crippen molar-refractivity contribution in [2.45, 2.75) is 19.8 Å². The number of carbonyl (C=O) groups excluding carboxylic acids is 1. The molecule has 0 heterocycles. The summed E-state index contributed by atoms with van der Waals surface area (Å²) in [5.74, 6) is -10.8. The third-order valence-corrected chi connectivity index (χ3v) is 4.59. The number of hydrogen-bond donors (Lipinski definition) is 0. The first-order valence-electron chi connectivity index (χ1n) is 5.76. The molecule has 0 radical (unpaired) electrons. The molecule has 124 valence electrons. The highest BCUT2D eigenvalue weighted by atomic mass is 28.4. The Bertz CT molecular complexity index is 369. The van der Waals surface area contributed by atoms with Crippen LogP contribution in [0.15, 0.2) is 11.9 Å². The van der Waals surface area contributed by atoms with Gasteiger partial charge in [0.05, 0.1) is 0 Å². The highest BCUT2D eigenvalue weighted by Gasteiger charge is 2.55. The van der Waals surface area contributed by atoms with E-state index < -0.39 is 38.8 Å². The normalized spacial score (nSPS) is 12.2. The van der Waals surface area contributed by atoms with Crippen molar-refractivity contribution in [3.63, 3.8) is 0 Å². The molecule has 0 aliphatic heterocycles. The number of rotatable bonds is 9. The van der Waals surface area contributed by atoms with Crippen molar-refractivity contribution in [1.29, 1.82) is 0 Å².